The van der Waals surface area contributed by atoms with E-state index >= 15 is 0 Å². The van der Waals surface area contributed by atoms with E-state index in [0.29, 0.717) is 12.8 Å². The van der Waals surface area contributed by atoms with E-state index in [1.54, 1.807) is 0 Å². The summed E-state index contributed by atoms with van der Waals surface area (Å²) in [4.78, 5) is 12.5. The first-order chi connectivity index (χ1) is 34.2. The van der Waals surface area contributed by atoms with Crippen molar-refractivity contribution in [1.29, 1.82) is 0 Å². The number of nitrogens with one attached hydrogen (secondary N) is 1. The minimum Gasteiger partial charge on any atom is -0.394 e. The molecule has 0 aliphatic carbocycles. The number of carbonyl (C=O) groups excluding carboxylic acids is 1. The number of hydrogen-bond acceptors (Lipinski definition) is 3. The van der Waals surface area contributed by atoms with Gasteiger partial charge in [-0.1, -0.05) is 332 Å². The summed E-state index contributed by atoms with van der Waals surface area (Å²) in [5.74, 6) is -0.0249. The van der Waals surface area contributed by atoms with Crippen molar-refractivity contribution in [3.63, 3.8) is 0 Å². The average Bonchev–Trinajstić information content (AvgIpc) is 3.35. The Morgan fingerprint density at radius 3 is 0.957 bits per heavy atom. The van der Waals surface area contributed by atoms with Gasteiger partial charge in [0.15, 0.2) is 0 Å². The Balaban J connectivity index is 3.41. The highest BCUT2D eigenvalue weighted by Crippen LogP contribution is 2.18. The zero-order valence-corrected chi connectivity index (χ0v) is 46.8. The second kappa shape index (κ2) is 60.7. The summed E-state index contributed by atoms with van der Waals surface area (Å²) in [6.07, 6.45) is 84.2. The van der Waals surface area contributed by atoms with Gasteiger partial charge in [0, 0.05) is 6.42 Å². The molecular weight excluding hydrogens is 843 g/mol. The summed E-state index contributed by atoms with van der Waals surface area (Å²) < 4.78 is 0. The van der Waals surface area contributed by atoms with Crippen LogP contribution < -0.4 is 5.32 Å². The number of amides is 1. The van der Waals surface area contributed by atoms with Crippen LogP contribution in [0.1, 0.15) is 341 Å². The van der Waals surface area contributed by atoms with Crippen LogP contribution >= 0.6 is 0 Å². The molecule has 0 radical (unpaired) electrons. The largest absolute Gasteiger partial charge is 0.394 e. The van der Waals surface area contributed by atoms with Crippen molar-refractivity contribution in [1.82, 2.24) is 5.32 Å². The van der Waals surface area contributed by atoms with Crippen LogP contribution in [-0.4, -0.2) is 34.9 Å². The van der Waals surface area contributed by atoms with Crippen LogP contribution in [0.2, 0.25) is 0 Å². The van der Waals surface area contributed by atoms with Gasteiger partial charge < -0.3 is 15.5 Å². The van der Waals surface area contributed by atoms with Crippen molar-refractivity contribution in [3.05, 3.63) is 48.6 Å². The lowest BCUT2D eigenvalue weighted by atomic mass is 10.0. The molecule has 0 rings (SSSR count). The maximum absolute atomic E-state index is 12.5. The van der Waals surface area contributed by atoms with Crippen molar-refractivity contribution >= 4 is 5.91 Å². The van der Waals surface area contributed by atoms with Crippen LogP contribution in [0.5, 0.6) is 0 Å². The SMILES string of the molecule is CC/C=C\C/C=C\C/C=C\C/C=C\CCCCCCCCCCCCCCCCCCCCCCC(=O)NC(CO)C(O)CCCCCCCCCCCCCCCCCCCCCCCCCC. The molecule has 0 fully saturated rings. The monoisotopic (exact) mass is 966 g/mol. The van der Waals surface area contributed by atoms with E-state index in [-0.39, 0.29) is 12.5 Å². The van der Waals surface area contributed by atoms with E-state index in [1.807, 2.05) is 0 Å². The molecule has 406 valence electrons. The fourth-order valence-corrected chi connectivity index (χ4v) is 9.89. The molecule has 4 heteroatoms. The Bertz CT molecular complexity index is 1090. The van der Waals surface area contributed by atoms with Crippen molar-refractivity contribution in [2.75, 3.05) is 6.61 Å². The number of carbonyl (C=O) groups is 1. The van der Waals surface area contributed by atoms with Gasteiger partial charge in [0.1, 0.15) is 0 Å². The zero-order valence-electron chi connectivity index (χ0n) is 46.8. The molecule has 2 atom stereocenters. The number of unbranched alkanes of at least 4 members (excludes halogenated alkanes) is 43. The third-order valence-corrected chi connectivity index (χ3v) is 14.6. The molecule has 0 saturated carbocycles. The van der Waals surface area contributed by atoms with Gasteiger partial charge in [-0.3, -0.25) is 4.79 Å². The van der Waals surface area contributed by atoms with Crippen LogP contribution in [0.3, 0.4) is 0 Å². The van der Waals surface area contributed by atoms with E-state index in [2.05, 4.69) is 67.8 Å². The maximum Gasteiger partial charge on any atom is 0.220 e. The van der Waals surface area contributed by atoms with Crippen LogP contribution in [0.25, 0.3) is 0 Å². The van der Waals surface area contributed by atoms with Gasteiger partial charge in [0.2, 0.25) is 5.91 Å². The second-order valence-corrected chi connectivity index (χ2v) is 21.5. The molecule has 0 aromatic carbocycles. The van der Waals surface area contributed by atoms with Gasteiger partial charge in [-0.2, -0.15) is 0 Å². The molecule has 69 heavy (non-hydrogen) atoms. The first kappa shape index (κ1) is 67.3. The fourth-order valence-electron chi connectivity index (χ4n) is 9.89. The van der Waals surface area contributed by atoms with Gasteiger partial charge in [-0.15, -0.1) is 0 Å². The van der Waals surface area contributed by atoms with Crippen molar-refractivity contribution in [3.8, 4) is 0 Å². The minimum absolute atomic E-state index is 0.0249. The van der Waals surface area contributed by atoms with Crippen LogP contribution in [0.4, 0.5) is 0 Å². The Hall–Kier alpha value is -1.65. The average molecular weight is 967 g/mol. The molecule has 0 aliphatic heterocycles. The summed E-state index contributed by atoms with van der Waals surface area (Å²) in [7, 11) is 0. The first-order valence-electron chi connectivity index (χ1n) is 31.3. The Kier molecular flexibility index (Phi) is 59.2. The summed E-state index contributed by atoms with van der Waals surface area (Å²) in [6.45, 7) is 4.28. The minimum atomic E-state index is -0.660. The molecule has 0 aliphatic rings. The van der Waals surface area contributed by atoms with Crippen molar-refractivity contribution < 1.29 is 15.0 Å². The van der Waals surface area contributed by atoms with Crippen LogP contribution in [-0.2, 0) is 4.79 Å². The molecule has 1 amide bonds. The third kappa shape index (κ3) is 57.1. The Morgan fingerprint density at radius 2 is 0.638 bits per heavy atom. The number of allylic oxidation sites excluding steroid dienone is 8. The highest BCUT2D eigenvalue weighted by Gasteiger charge is 2.20. The molecule has 4 nitrogen and oxygen atoms in total. The number of hydrogen-bond donors (Lipinski definition) is 3. The van der Waals surface area contributed by atoms with E-state index < -0.39 is 12.1 Å². The predicted molar refractivity (Wildman–Crippen MR) is 308 cm³/mol. The summed E-state index contributed by atoms with van der Waals surface area (Å²) in [5, 5.41) is 23.4. The van der Waals surface area contributed by atoms with Gasteiger partial charge in [0.25, 0.3) is 0 Å². The molecule has 0 bridgehead atoms. The lowest BCUT2D eigenvalue weighted by Crippen LogP contribution is -2.45. The molecule has 0 aromatic heterocycles. The number of rotatable bonds is 58. The summed E-state index contributed by atoms with van der Waals surface area (Å²) in [6, 6.07) is -0.536. The van der Waals surface area contributed by atoms with Gasteiger partial charge >= 0.3 is 0 Å². The number of aliphatic hydroxyl groups excluding tert-OH is 2. The molecule has 3 N–H and O–H groups in total. The van der Waals surface area contributed by atoms with Gasteiger partial charge in [0.05, 0.1) is 18.8 Å². The third-order valence-electron chi connectivity index (χ3n) is 14.6. The molecule has 0 spiro atoms. The topological polar surface area (TPSA) is 69.6 Å². The highest BCUT2D eigenvalue weighted by molar-refractivity contribution is 5.76. The van der Waals surface area contributed by atoms with E-state index in [4.69, 9.17) is 0 Å². The standard InChI is InChI=1S/C65H123NO3/c1-3-5-7-9-11-13-15-17-19-21-23-25-27-29-30-31-32-33-34-35-36-37-39-41-43-45-47-49-51-53-55-57-59-61-65(69)66-63(62-67)64(68)60-58-56-54-52-50-48-46-44-42-40-38-28-26-24-22-20-18-16-14-12-10-8-6-4-2/h5,7,11,13,17,19,23,25,63-64,67-68H,3-4,6,8-10,12,14-16,18,20-22,24,26-62H2,1-2H3,(H,66,69)/b7-5-,13-11-,19-17-,25-23-. The molecule has 0 heterocycles. The maximum atomic E-state index is 12.5. The van der Waals surface area contributed by atoms with Crippen molar-refractivity contribution in [2.45, 2.75) is 353 Å². The van der Waals surface area contributed by atoms with E-state index in [1.165, 1.54) is 263 Å². The summed E-state index contributed by atoms with van der Waals surface area (Å²) in [5.41, 5.74) is 0. The van der Waals surface area contributed by atoms with Crippen LogP contribution in [0, 0.1) is 0 Å². The lowest BCUT2D eigenvalue weighted by molar-refractivity contribution is -0.123. The lowest BCUT2D eigenvalue weighted by Gasteiger charge is -2.22. The van der Waals surface area contributed by atoms with Crippen molar-refractivity contribution in [2.24, 2.45) is 0 Å². The highest BCUT2D eigenvalue weighted by atomic mass is 16.3. The number of aliphatic hydroxyl groups is 2. The van der Waals surface area contributed by atoms with E-state index in [0.717, 1.165) is 51.4 Å². The fraction of sp³-hybridized carbons (Fsp3) is 0.862. The molecular formula is C65H123NO3. The Labute approximate surface area is 433 Å². The molecule has 2 unspecified atom stereocenters. The van der Waals surface area contributed by atoms with E-state index in [9.17, 15) is 15.0 Å². The summed E-state index contributed by atoms with van der Waals surface area (Å²) >= 11 is 0. The molecule has 0 aromatic rings. The zero-order chi connectivity index (χ0) is 49.9. The smallest absolute Gasteiger partial charge is 0.220 e. The first-order valence-corrected chi connectivity index (χ1v) is 31.3. The molecule has 0 saturated heterocycles. The quantitative estimate of drug-likeness (QED) is 0.0420. The normalized spacial score (nSPS) is 13.0. The van der Waals surface area contributed by atoms with Gasteiger partial charge in [-0.05, 0) is 51.4 Å². The van der Waals surface area contributed by atoms with Gasteiger partial charge in [-0.25, -0.2) is 0 Å². The second-order valence-electron chi connectivity index (χ2n) is 21.5. The predicted octanol–water partition coefficient (Wildman–Crippen LogP) is 21.0. The van der Waals surface area contributed by atoms with Crippen LogP contribution in [0.15, 0.2) is 48.6 Å². The Morgan fingerprint density at radius 1 is 0.362 bits per heavy atom.